The molecule has 1 rings (SSSR count). The topological polar surface area (TPSA) is 80.3 Å². The van der Waals surface area contributed by atoms with Crippen LogP contribution < -0.4 is 59.8 Å². The van der Waals surface area contributed by atoms with Crippen LogP contribution in [0.25, 0.3) is 0 Å². The molecular formula is C8H4Cl4O4W. The third-order valence-corrected chi connectivity index (χ3v) is 1.37. The first-order chi connectivity index (χ1) is 5.63. The van der Waals surface area contributed by atoms with Crippen LogP contribution in [0.15, 0.2) is 24.3 Å². The normalized spacial score (nSPS) is 6.59. The summed E-state index contributed by atoms with van der Waals surface area (Å²) in [5.41, 5.74) is -0.727. The molecule has 0 unspecified atom stereocenters. The van der Waals surface area contributed by atoms with Gasteiger partial charge in [0.2, 0.25) is 0 Å². The van der Waals surface area contributed by atoms with Gasteiger partial charge < -0.3 is 69.4 Å². The molecule has 0 radical (unpaired) electrons. The van der Waals surface area contributed by atoms with E-state index in [9.17, 15) is 19.8 Å². The molecule has 0 saturated carbocycles. The fraction of sp³-hybridized carbons (Fsp3) is 0. The predicted molar refractivity (Wildman–Crippen MR) is 35.1 cm³/mol. The maximum absolute atomic E-state index is 10.3. The van der Waals surface area contributed by atoms with E-state index in [1.807, 2.05) is 0 Å². The van der Waals surface area contributed by atoms with Gasteiger partial charge in [0.15, 0.2) is 0 Å². The summed E-state index contributed by atoms with van der Waals surface area (Å²) in [5.74, 6) is -3.04. The van der Waals surface area contributed by atoms with Gasteiger partial charge in [-0.1, -0.05) is 24.3 Å². The molecule has 0 aliphatic heterocycles. The minimum Gasteiger partial charge on any atom is -1.00 e. The molecule has 1 aromatic carbocycles. The Morgan fingerprint density at radius 3 is 1.18 bits per heavy atom. The molecule has 0 aromatic heterocycles. The summed E-state index contributed by atoms with van der Waals surface area (Å²) in [4.78, 5) is 20.6. The molecule has 94 valence electrons. The molecule has 0 fully saturated rings. The van der Waals surface area contributed by atoms with Crippen LogP contribution in [-0.2, 0) is 21.1 Å². The Morgan fingerprint density at radius 1 is 0.765 bits per heavy atom. The molecule has 0 amide bonds. The van der Waals surface area contributed by atoms with Crippen LogP contribution in [0.3, 0.4) is 0 Å². The number of carboxylic acid groups (broad SMARTS) is 2. The number of rotatable bonds is 2. The van der Waals surface area contributed by atoms with Crippen molar-refractivity contribution in [3.63, 3.8) is 0 Å². The fourth-order valence-electron chi connectivity index (χ4n) is 0.839. The van der Waals surface area contributed by atoms with Gasteiger partial charge in [-0.05, 0) is 0 Å². The molecule has 0 aliphatic rings. The average molecular weight is 490 g/mol. The molecule has 17 heavy (non-hydrogen) atoms. The van der Waals surface area contributed by atoms with E-state index in [-0.39, 0.29) is 81.8 Å². The molecule has 0 heterocycles. The van der Waals surface area contributed by atoms with Crippen LogP contribution in [0.4, 0.5) is 0 Å². The summed E-state index contributed by atoms with van der Waals surface area (Å²) >= 11 is 0. The number of carbonyl (C=O) groups excluding carboxylic acids is 2. The van der Waals surface area contributed by atoms with Crippen LogP contribution in [-0.4, -0.2) is 11.9 Å². The number of aromatic carboxylic acids is 2. The summed E-state index contributed by atoms with van der Waals surface area (Å²) in [6, 6.07) is 5.14. The van der Waals surface area contributed by atoms with Gasteiger partial charge in [0, 0.05) is 11.1 Å². The Morgan fingerprint density at radius 2 is 1.00 bits per heavy atom. The Bertz CT molecular complexity index is 315. The van der Waals surface area contributed by atoms with Gasteiger partial charge in [-0.3, -0.25) is 0 Å². The minimum atomic E-state index is -1.52. The first-order valence-electron chi connectivity index (χ1n) is 3.14. The molecule has 4 nitrogen and oxygen atoms in total. The van der Waals surface area contributed by atoms with E-state index in [1.165, 1.54) is 12.1 Å². The standard InChI is InChI=1S/C8H6O4.4ClH.W/c9-7(10)5-3-1-2-4-6(5)8(11)12;;;;;/h1-4H,(H,9,10)(H,11,12);4*1H;/q;;;;;+6/p-6. The molecule has 0 spiro atoms. The molecule has 0 saturated heterocycles. The van der Waals surface area contributed by atoms with Gasteiger partial charge in [0.25, 0.3) is 0 Å². The fourth-order valence-corrected chi connectivity index (χ4v) is 0.839. The van der Waals surface area contributed by atoms with Crippen LogP contribution in [0.2, 0.25) is 0 Å². The zero-order valence-electron chi connectivity index (χ0n) is 7.86. The summed E-state index contributed by atoms with van der Waals surface area (Å²) in [7, 11) is 0. The molecule has 0 aliphatic carbocycles. The van der Waals surface area contributed by atoms with Crippen LogP contribution in [0, 0.1) is 0 Å². The second-order valence-corrected chi connectivity index (χ2v) is 2.12. The quantitative estimate of drug-likeness (QED) is 0.413. The largest absolute Gasteiger partial charge is 6.00 e. The van der Waals surface area contributed by atoms with Crippen LogP contribution in [0.5, 0.6) is 0 Å². The third kappa shape index (κ3) is 8.69. The van der Waals surface area contributed by atoms with Crippen molar-refractivity contribution in [2.75, 3.05) is 0 Å². The van der Waals surface area contributed by atoms with Gasteiger partial charge in [0.1, 0.15) is 0 Å². The predicted octanol–water partition coefficient (Wildman–Crippen LogP) is -13.6. The SMILES string of the molecule is O=C([O-])c1ccccc1C(=O)[O-].[Cl-].[Cl-].[Cl-].[Cl-].[W+6]. The van der Waals surface area contributed by atoms with Crippen molar-refractivity contribution in [3.05, 3.63) is 35.4 Å². The van der Waals surface area contributed by atoms with Crippen molar-refractivity contribution in [2.24, 2.45) is 0 Å². The maximum Gasteiger partial charge on any atom is 6.00 e. The number of hydrogen-bond acceptors (Lipinski definition) is 4. The number of carboxylic acids is 2. The second-order valence-electron chi connectivity index (χ2n) is 2.12. The molecule has 1 aromatic rings. The number of hydrogen-bond donors (Lipinski definition) is 0. The average Bonchev–Trinajstić information content (AvgIpc) is 2.04. The van der Waals surface area contributed by atoms with Gasteiger partial charge in [-0.15, -0.1) is 0 Å². The summed E-state index contributed by atoms with van der Waals surface area (Å²) < 4.78 is 0. The second kappa shape index (κ2) is 14.1. The van der Waals surface area contributed by atoms with Crippen molar-refractivity contribution in [2.45, 2.75) is 0 Å². The van der Waals surface area contributed by atoms with E-state index in [1.54, 1.807) is 0 Å². The number of carbonyl (C=O) groups is 2. The van der Waals surface area contributed by atoms with E-state index < -0.39 is 11.9 Å². The first-order valence-corrected chi connectivity index (χ1v) is 3.14. The Hall–Kier alpha value is 0.00831. The Balaban J connectivity index is -0.0000000960. The van der Waals surface area contributed by atoms with Crippen LogP contribution in [0.1, 0.15) is 20.7 Å². The third-order valence-electron chi connectivity index (χ3n) is 1.37. The van der Waals surface area contributed by atoms with Gasteiger partial charge in [0.05, 0.1) is 11.9 Å². The van der Waals surface area contributed by atoms with E-state index >= 15 is 0 Å². The summed E-state index contributed by atoms with van der Waals surface area (Å²) in [5, 5.41) is 20.6. The smallest absolute Gasteiger partial charge is 1.00 e. The molecule has 9 heteroatoms. The van der Waals surface area contributed by atoms with E-state index in [2.05, 4.69) is 0 Å². The molecule has 0 bridgehead atoms. The van der Waals surface area contributed by atoms with Crippen LogP contribution >= 0.6 is 0 Å². The van der Waals surface area contributed by atoms with E-state index in [0.29, 0.717) is 0 Å². The molecule has 0 atom stereocenters. The van der Waals surface area contributed by atoms with Gasteiger partial charge in [-0.2, -0.15) is 0 Å². The summed E-state index contributed by atoms with van der Waals surface area (Å²) in [6.07, 6.45) is 0. The number of benzene rings is 1. The maximum atomic E-state index is 10.3. The van der Waals surface area contributed by atoms with Crippen molar-refractivity contribution >= 4 is 11.9 Å². The Kier molecular flexibility index (Phi) is 25.0. The van der Waals surface area contributed by atoms with Gasteiger partial charge >= 0.3 is 21.1 Å². The van der Waals surface area contributed by atoms with Crippen molar-refractivity contribution in [3.8, 4) is 0 Å². The van der Waals surface area contributed by atoms with E-state index in [4.69, 9.17) is 0 Å². The minimum absolute atomic E-state index is 0. The van der Waals surface area contributed by atoms with Gasteiger partial charge in [-0.25, -0.2) is 0 Å². The monoisotopic (exact) mass is 488 g/mol. The zero-order valence-corrected chi connectivity index (χ0v) is 13.8. The molecular weight excluding hydrogens is 486 g/mol. The zero-order chi connectivity index (χ0) is 9.14. The van der Waals surface area contributed by atoms with Crippen molar-refractivity contribution in [1.29, 1.82) is 0 Å². The Labute approximate surface area is 137 Å². The van der Waals surface area contributed by atoms with Crippen molar-refractivity contribution < 1.29 is 90.5 Å². The molecule has 0 N–H and O–H groups in total. The van der Waals surface area contributed by atoms with Crippen molar-refractivity contribution in [1.82, 2.24) is 0 Å². The first kappa shape index (κ1) is 30.2. The summed E-state index contributed by atoms with van der Waals surface area (Å²) in [6.45, 7) is 0. The van der Waals surface area contributed by atoms with E-state index in [0.717, 1.165) is 12.1 Å². The number of halogens is 4.